The van der Waals surface area contributed by atoms with Crippen LogP contribution in [-0.4, -0.2) is 0 Å². The van der Waals surface area contributed by atoms with Gasteiger partial charge in [-0.1, -0.05) is 68.4 Å². The van der Waals surface area contributed by atoms with E-state index in [2.05, 4.69) is 25.2 Å². The fourth-order valence-electron chi connectivity index (χ4n) is 0.981. The van der Waals surface area contributed by atoms with E-state index in [4.69, 9.17) is 0 Å². The lowest BCUT2D eigenvalue weighted by molar-refractivity contribution is 0.760. The maximum absolute atomic E-state index is 3.81. The Morgan fingerprint density at radius 3 is 2.14 bits per heavy atom. The molecule has 0 aliphatic carbocycles. The Balaban J connectivity index is 3.41. The second kappa shape index (κ2) is 12.0. The Kier molecular flexibility index (Phi) is 11.1. The molecule has 0 heterocycles. The quantitative estimate of drug-likeness (QED) is 0.405. The molecule has 0 rings (SSSR count). The highest BCUT2D eigenvalue weighted by Crippen LogP contribution is 1.99. The molecule has 77 valence electrons. The van der Waals surface area contributed by atoms with Crippen LogP contribution in [0.1, 0.15) is 32.6 Å². The lowest BCUT2D eigenvalue weighted by atomic mass is 10.2. The zero-order valence-corrected chi connectivity index (χ0v) is 9.15. The fraction of sp³-hybridized carbons (Fsp3) is 0.357. The van der Waals surface area contributed by atoms with E-state index >= 15 is 0 Å². The van der Waals surface area contributed by atoms with E-state index in [0.29, 0.717) is 0 Å². The van der Waals surface area contributed by atoms with Gasteiger partial charge in [0.15, 0.2) is 0 Å². The van der Waals surface area contributed by atoms with Crippen LogP contribution in [-0.2, 0) is 0 Å². The lowest BCUT2D eigenvalue weighted by Crippen LogP contribution is -1.69. The summed E-state index contributed by atoms with van der Waals surface area (Å²) in [7, 11) is 0. The van der Waals surface area contributed by atoms with Crippen molar-refractivity contribution in [1.29, 1.82) is 0 Å². The maximum Gasteiger partial charge on any atom is -0.0348 e. The van der Waals surface area contributed by atoms with Crippen LogP contribution in [0.4, 0.5) is 0 Å². The van der Waals surface area contributed by atoms with Crippen molar-refractivity contribution in [2.75, 3.05) is 0 Å². The highest BCUT2D eigenvalue weighted by atomic mass is 13.9. The van der Waals surface area contributed by atoms with Crippen molar-refractivity contribution in [1.82, 2.24) is 0 Å². The van der Waals surface area contributed by atoms with Gasteiger partial charge in [0.05, 0.1) is 0 Å². The number of hydrogen-bond acceptors (Lipinski definition) is 0. The Labute approximate surface area is 88.7 Å². The van der Waals surface area contributed by atoms with E-state index in [1.54, 1.807) is 0 Å². The van der Waals surface area contributed by atoms with Crippen molar-refractivity contribution < 1.29 is 0 Å². The number of unbranched alkanes of at least 4 members (excludes halogenated alkanes) is 3. The van der Waals surface area contributed by atoms with Crippen molar-refractivity contribution in [3.8, 4) is 0 Å². The van der Waals surface area contributed by atoms with Gasteiger partial charge in [-0.05, 0) is 19.8 Å². The van der Waals surface area contributed by atoms with Gasteiger partial charge in [-0.2, -0.15) is 0 Å². The van der Waals surface area contributed by atoms with Gasteiger partial charge in [0, 0.05) is 0 Å². The summed E-state index contributed by atoms with van der Waals surface area (Å²) in [5.74, 6) is 0. The van der Waals surface area contributed by atoms with Gasteiger partial charge in [-0.15, -0.1) is 0 Å². The van der Waals surface area contributed by atoms with E-state index in [0.717, 1.165) is 6.42 Å². The van der Waals surface area contributed by atoms with Crippen LogP contribution in [0.3, 0.4) is 0 Å². The van der Waals surface area contributed by atoms with Gasteiger partial charge in [0.25, 0.3) is 0 Å². The normalized spacial score (nSPS) is 13.0. The van der Waals surface area contributed by atoms with E-state index in [1.165, 1.54) is 19.3 Å². The molecule has 0 fully saturated rings. The topological polar surface area (TPSA) is 0 Å². The van der Waals surface area contributed by atoms with Crippen LogP contribution in [0.15, 0.2) is 48.6 Å². The Morgan fingerprint density at radius 1 is 0.857 bits per heavy atom. The van der Waals surface area contributed by atoms with Crippen molar-refractivity contribution >= 4 is 0 Å². The highest BCUT2D eigenvalue weighted by molar-refractivity contribution is 5.14. The number of hydrogen-bond donors (Lipinski definition) is 0. The molecule has 0 bridgehead atoms. The third-order valence-electron chi connectivity index (χ3n) is 1.75. The zero-order valence-electron chi connectivity index (χ0n) is 9.15. The molecule has 14 heavy (non-hydrogen) atoms. The van der Waals surface area contributed by atoms with Crippen LogP contribution >= 0.6 is 0 Å². The first-order chi connectivity index (χ1) is 6.91. The van der Waals surface area contributed by atoms with Gasteiger partial charge in [-0.3, -0.25) is 0 Å². The molecule has 0 N–H and O–H groups in total. The minimum Gasteiger partial charge on any atom is -0.0877 e. The molecule has 0 saturated carbocycles. The summed E-state index contributed by atoms with van der Waals surface area (Å²) in [5.41, 5.74) is 0. The molecule has 0 amide bonds. The summed E-state index contributed by atoms with van der Waals surface area (Å²) in [6.45, 7) is 5.82. The van der Waals surface area contributed by atoms with Crippen LogP contribution in [0.5, 0.6) is 0 Å². The summed E-state index contributed by atoms with van der Waals surface area (Å²) in [5, 5.41) is 0. The summed E-state index contributed by atoms with van der Waals surface area (Å²) < 4.78 is 0. The van der Waals surface area contributed by atoms with Crippen LogP contribution in [0.2, 0.25) is 0 Å². The summed E-state index contributed by atoms with van der Waals surface area (Å²) in [4.78, 5) is 0. The summed E-state index contributed by atoms with van der Waals surface area (Å²) in [6.07, 6.45) is 21.2. The molecular weight excluding hydrogens is 168 g/mol. The molecule has 0 atom stereocenters. The van der Waals surface area contributed by atoms with Gasteiger partial charge in [0.2, 0.25) is 0 Å². The summed E-state index contributed by atoms with van der Waals surface area (Å²) in [6, 6.07) is 0. The molecular formula is C14H21. The number of allylic oxidation sites excluding steroid dienone is 8. The largest absolute Gasteiger partial charge is 0.0877 e. The lowest BCUT2D eigenvalue weighted by Gasteiger charge is -1.89. The number of rotatable bonds is 7. The van der Waals surface area contributed by atoms with Gasteiger partial charge < -0.3 is 0 Å². The first kappa shape index (κ1) is 13.0. The van der Waals surface area contributed by atoms with Crippen molar-refractivity contribution in [2.45, 2.75) is 32.6 Å². The molecule has 0 aromatic rings. The molecule has 0 aliphatic rings. The van der Waals surface area contributed by atoms with Crippen molar-refractivity contribution in [3.63, 3.8) is 0 Å². The smallest absolute Gasteiger partial charge is 0.0348 e. The average Bonchev–Trinajstić information content (AvgIpc) is 2.21. The maximum atomic E-state index is 3.81. The highest BCUT2D eigenvalue weighted by Gasteiger charge is 1.79. The molecule has 0 aliphatic heterocycles. The minimum absolute atomic E-state index is 1.05. The first-order valence-electron chi connectivity index (χ1n) is 5.32. The molecule has 0 aromatic carbocycles. The van der Waals surface area contributed by atoms with Crippen LogP contribution in [0, 0.1) is 6.92 Å². The fourth-order valence-corrected chi connectivity index (χ4v) is 0.981. The molecule has 0 aromatic heterocycles. The SMILES string of the molecule is [CH2]CCCCC=CC=CC=CC=CC. The first-order valence-corrected chi connectivity index (χ1v) is 5.32. The second-order valence-electron chi connectivity index (χ2n) is 3.07. The van der Waals surface area contributed by atoms with E-state index in [1.807, 2.05) is 37.3 Å². The van der Waals surface area contributed by atoms with Crippen molar-refractivity contribution in [2.24, 2.45) is 0 Å². The van der Waals surface area contributed by atoms with Gasteiger partial charge >= 0.3 is 0 Å². The van der Waals surface area contributed by atoms with Crippen LogP contribution in [0.25, 0.3) is 0 Å². The third kappa shape index (κ3) is 11.0. The average molecular weight is 189 g/mol. The minimum atomic E-state index is 1.05. The van der Waals surface area contributed by atoms with Gasteiger partial charge in [0.1, 0.15) is 0 Å². The Bertz CT molecular complexity index is 204. The predicted octanol–water partition coefficient (Wildman–Crippen LogP) is 4.63. The van der Waals surface area contributed by atoms with E-state index in [-0.39, 0.29) is 0 Å². The molecule has 1 radical (unpaired) electrons. The molecule has 0 unspecified atom stereocenters. The van der Waals surface area contributed by atoms with Gasteiger partial charge in [-0.25, -0.2) is 0 Å². The monoisotopic (exact) mass is 189 g/mol. The Morgan fingerprint density at radius 2 is 1.50 bits per heavy atom. The molecule has 0 heteroatoms. The van der Waals surface area contributed by atoms with Crippen LogP contribution < -0.4 is 0 Å². The predicted molar refractivity (Wildman–Crippen MR) is 66.1 cm³/mol. The summed E-state index contributed by atoms with van der Waals surface area (Å²) >= 11 is 0. The molecule has 0 spiro atoms. The molecule has 0 saturated heterocycles. The standard InChI is InChI=1S/C14H21/c1-3-5-7-9-11-13-14-12-10-8-6-4-2/h4,6,8,10-14H,1,3,5,7,9H2,2H3. The van der Waals surface area contributed by atoms with Crippen molar-refractivity contribution in [3.05, 3.63) is 55.5 Å². The zero-order chi connectivity index (χ0) is 10.5. The van der Waals surface area contributed by atoms with E-state index in [9.17, 15) is 0 Å². The molecule has 0 nitrogen and oxygen atoms in total. The Hall–Kier alpha value is -1.04. The third-order valence-corrected chi connectivity index (χ3v) is 1.75. The second-order valence-corrected chi connectivity index (χ2v) is 3.07. The van der Waals surface area contributed by atoms with E-state index < -0.39 is 0 Å².